The lowest BCUT2D eigenvalue weighted by Gasteiger charge is -2.37. The summed E-state index contributed by atoms with van der Waals surface area (Å²) in [5.41, 5.74) is 5.59. The van der Waals surface area contributed by atoms with Crippen LogP contribution in [0.3, 0.4) is 0 Å². The van der Waals surface area contributed by atoms with E-state index < -0.39 is 14.7 Å². The number of halogens is 2. The topological polar surface area (TPSA) is 17.8 Å². The summed E-state index contributed by atoms with van der Waals surface area (Å²) in [6, 6.07) is 55.3. The van der Waals surface area contributed by atoms with Gasteiger partial charge in [0.25, 0.3) is 0 Å². The maximum Gasteiger partial charge on any atom is 0.241 e. The second-order valence-corrected chi connectivity index (χ2v) is 13.4. The molecule has 0 aliphatic heterocycles. The highest BCUT2D eigenvalue weighted by Gasteiger charge is 2.37. The molecule has 6 aromatic carbocycles. The van der Waals surface area contributed by atoms with Crippen LogP contribution in [0.2, 0.25) is 0 Å². The van der Waals surface area contributed by atoms with Crippen LogP contribution in [-0.4, -0.2) is 25.8 Å². The maximum atomic E-state index is 14.2. The summed E-state index contributed by atoms with van der Waals surface area (Å²) in [6.45, 7) is 0.309. The van der Waals surface area contributed by atoms with Crippen molar-refractivity contribution in [3.05, 3.63) is 211 Å². The Bertz CT molecular complexity index is 1800. The third-order valence-electron chi connectivity index (χ3n) is 8.25. The van der Waals surface area contributed by atoms with Crippen LogP contribution in [0, 0.1) is 11.6 Å². The Morgan fingerprint density at radius 3 is 1.35 bits per heavy atom. The van der Waals surface area contributed by atoms with Crippen LogP contribution in [0.4, 0.5) is 8.78 Å². The van der Waals surface area contributed by atoms with Crippen molar-refractivity contribution in [1.82, 2.24) is 9.55 Å². The molecule has 7 rings (SSSR count). The number of aromatic nitrogens is 2. The van der Waals surface area contributed by atoms with Crippen LogP contribution in [0.15, 0.2) is 189 Å². The fourth-order valence-electron chi connectivity index (χ4n) is 6.14. The molecule has 0 fully saturated rings. The minimum atomic E-state index is -1.11. The molecule has 0 saturated carbocycles. The van der Waals surface area contributed by atoms with Crippen molar-refractivity contribution in [2.75, 3.05) is 0 Å². The van der Waals surface area contributed by atoms with Crippen LogP contribution < -0.4 is 21.6 Å². The lowest BCUT2D eigenvalue weighted by atomic mass is 9.37. The lowest BCUT2D eigenvalue weighted by Crippen LogP contribution is -2.51. The average molecular weight is 619 g/mol. The molecule has 46 heavy (non-hydrogen) atoms. The van der Waals surface area contributed by atoms with Gasteiger partial charge < -0.3 is 4.57 Å². The van der Waals surface area contributed by atoms with Crippen molar-refractivity contribution in [1.29, 1.82) is 0 Å². The van der Waals surface area contributed by atoms with Crippen molar-refractivity contribution in [3.8, 4) is 0 Å². The first kappa shape index (κ1) is 30.7. The molecule has 0 saturated heterocycles. The predicted molar refractivity (Wildman–Crippen MR) is 190 cm³/mol. The molecule has 2 nitrogen and oxygen atoms in total. The van der Waals surface area contributed by atoms with E-state index >= 15 is 0 Å². The largest absolute Gasteiger partial charge is 0.326 e. The zero-order chi connectivity index (χ0) is 31.6. The van der Waals surface area contributed by atoms with Gasteiger partial charge >= 0.3 is 0 Å². The van der Waals surface area contributed by atoms with Gasteiger partial charge in [-0.1, -0.05) is 167 Å². The summed E-state index contributed by atoms with van der Waals surface area (Å²) in [4.78, 5) is 4.22. The molecule has 0 atom stereocenters. The summed E-state index contributed by atoms with van der Waals surface area (Å²) in [5.74, 6) is -0.620. The minimum Gasteiger partial charge on any atom is -0.326 e. The highest BCUT2D eigenvalue weighted by Crippen LogP contribution is 2.34. The molecule has 0 aliphatic carbocycles. The second-order valence-electron chi connectivity index (χ2n) is 11.2. The Morgan fingerprint density at radius 2 is 0.957 bits per heavy atom. The van der Waals surface area contributed by atoms with Gasteiger partial charge in [-0.2, -0.15) is 0 Å². The van der Waals surface area contributed by atoms with Crippen molar-refractivity contribution >= 4 is 37.8 Å². The van der Waals surface area contributed by atoms with Gasteiger partial charge in [-0.05, 0) is 35.4 Å². The maximum absolute atomic E-state index is 14.2. The molecule has 0 spiro atoms. The van der Waals surface area contributed by atoms with Gasteiger partial charge in [0.15, 0.2) is 0 Å². The van der Waals surface area contributed by atoms with Crippen LogP contribution in [0.1, 0.15) is 11.1 Å². The normalized spacial score (nSPS) is 11.2. The summed E-state index contributed by atoms with van der Waals surface area (Å²) >= 11 is 0. The van der Waals surface area contributed by atoms with E-state index in [9.17, 15) is 8.78 Å². The summed E-state index contributed by atoms with van der Waals surface area (Å²) < 4.78 is 30.4. The monoisotopic (exact) mass is 618 g/mol. The fourth-order valence-corrected chi connectivity index (χ4v) is 8.46. The number of benzene rings is 6. The molecule has 0 radical (unpaired) electrons. The Labute approximate surface area is 272 Å². The van der Waals surface area contributed by atoms with Crippen molar-refractivity contribution in [2.24, 2.45) is 0 Å². The molecule has 0 bridgehead atoms. The SMILES string of the molecule is Fc1cccc(C([SiH2]c2ccccc2)(c2cccc(F)c2)n2ccnc2)c1.c1ccc(B(c2ccccc2)c2ccccc2)cc1. The Morgan fingerprint density at radius 1 is 0.522 bits per heavy atom. The van der Waals surface area contributed by atoms with Gasteiger partial charge in [-0.15, -0.1) is 0 Å². The zero-order valence-corrected chi connectivity index (χ0v) is 26.7. The van der Waals surface area contributed by atoms with Gasteiger partial charge in [0, 0.05) is 12.4 Å². The third-order valence-corrected chi connectivity index (χ3v) is 10.8. The Balaban J connectivity index is 0.000000172. The van der Waals surface area contributed by atoms with E-state index in [2.05, 4.69) is 108 Å². The highest BCUT2D eigenvalue weighted by atomic mass is 28.2. The van der Waals surface area contributed by atoms with E-state index in [0.717, 1.165) is 11.1 Å². The summed E-state index contributed by atoms with van der Waals surface area (Å²) in [7, 11) is -1.11. The van der Waals surface area contributed by atoms with Gasteiger partial charge in [-0.3, -0.25) is 0 Å². The summed E-state index contributed by atoms with van der Waals surface area (Å²) in [6.07, 6.45) is 5.30. The Kier molecular flexibility index (Phi) is 9.76. The molecule has 1 heterocycles. The first-order valence-corrected chi connectivity index (χ1v) is 16.7. The van der Waals surface area contributed by atoms with Crippen LogP contribution in [0.25, 0.3) is 0 Å². The van der Waals surface area contributed by atoms with Crippen LogP contribution in [0.5, 0.6) is 0 Å². The molecular weight excluding hydrogens is 585 g/mol. The third kappa shape index (κ3) is 6.98. The standard InChI is InChI=1S/C22H18F2N2Si.C18H15B/c23-19-8-4-6-17(14-19)22(26-13-12-25-16-26,18-7-5-9-20(24)15-18)27-21-10-2-1-3-11-21;1-4-10-16(11-5-1)19(17-12-6-2-7-13-17)18-14-8-3-9-15-18/h1-16H,27H2;1-15H. The van der Waals surface area contributed by atoms with Gasteiger partial charge in [0.2, 0.25) is 6.71 Å². The number of rotatable bonds is 8. The quantitative estimate of drug-likeness (QED) is 0.203. The van der Waals surface area contributed by atoms with E-state index in [-0.39, 0.29) is 11.6 Å². The molecule has 0 aliphatic rings. The first-order chi connectivity index (χ1) is 22.6. The number of imidazole rings is 1. The van der Waals surface area contributed by atoms with Crippen molar-refractivity contribution in [3.63, 3.8) is 0 Å². The zero-order valence-electron chi connectivity index (χ0n) is 25.3. The molecule has 7 aromatic rings. The molecule has 224 valence electrons. The van der Waals surface area contributed by atoms with E-state index in [4.69, 9.17) is 0 Å². The average Bonchev–Trinajstić information content (AvgIpc) is 3.65. The smallest absolute Gasteiger partial charge is 0.241 e. The molecular formula is C40H33BF2N2Si. The summed E-state index contributed by atoms with van der Waals surface area (Å²) in [5, 5.41) is 0.502. The number of hydrogen-bond donors (Lipinski definition) is 0. The first-order valence-electron chi connectivity index (χ1n) is 15.3. The molecule has 0 unspecified atom stereocenters. The molecule has 6 heteroatoms. The van der Waals surface area contributed by atoms with Crippen LogP contribution >= 0.6 is 0 Å². The van der Waals surface area contributed by atoms with Gasteiger partial charge in [0.1, 0.15) is 11.6 Å². The number of nitrogens with zero attached hydrogens (tertiary/aromatic N) is 2. The van der Waals surface area contributed by atoms with E-state index in [1.165, 1.54) is 33.7 Å². The highest BCUT2D eigenvalue weighted by molar-refractivity contribution is 6.95. The fraction of sp³-hybridized carbons (Fsp3) is 0.0250. The van der Waals surface area contributed by atoms with Gasteiger partial charge in [-0.25, -0.2) is 13.8 Å². The molecule has 0 N–H and O–H groups in total. The number of hydrogen-bond acceptors (Lipinski definition) is 1. The van der Waals surface area contributed by atoms with Crippen molar-refractivity contribution < 1.29 is 8.78 Å². The molecule has 1 aromatic heterocycles. The van der Waals surface area contributed by atoms with E-state index in [0.29, 0.717) is 6.71 Å². The Hall–Kier alpha value is -5.33. The van der Waals surface area contributed by atoms with E-state index in [1.54, 1.807) is 36.8 Å². The van der Waals surface area contributed by atoms with Gasteiger partial charge in [0.05, 0.1) is 21.0 Å². The predicted octanol–water partition coefficient (Wildman–Crippen LogP) is 5.61. The molecule has 0 amide bonds. The second kappa shape index (κ2) is 14.6. The van der Waals surface area contributed by atoms with Crippen molar-refractivity contribution in [2.45, 2.75) is 5.16 Å². The van der Waals surface area contributed by atoms with E-state index in [1.807, 2.05) is 41.1 Å². The van der Waals surface area contributed by atoms with Crippen LogP contribution in [-0.2, 0) is 5.16 Å². The lowest BCUT2D eigenvalue weighted by molar-refractivity contribution is 0.570. The minimum absolute atomic E-state index is 0.309.